The number of nitrogens with zero attached hydrogens (tertiary/aromatic N) is 1. The summed E-state index contributed by atoms with van der Waals surface area (Å²) in [6.07, 6.45) is 0.675. The number of hydroxylamine groups is 2. The Hall–Kier alpha value is -1.10. The number of para-hydroxylation sites is 1. The molecule has 0 aliphatic rings. The van der Waals surface area contributed by atoms with Crippen LogP contribution in [0.25, 0.3) is 0 Å². The van der Waals surface area contributed by atoms with Gasteiger partial charge >= 0.3 is 0 Å². The van der Waals surface area contributed by atoms with Gasteiger partial charge in [-0.15, -0.1) is 0 Å². The van der Waals surface area contributed by atoms with E-state index in [1.165, 1.54) is 19.4 Å². The van der Waals surface area contributed by atoms with E-state index < -0.39 is 0 Å². The van der Waals surface area contributed by atoms with Gasteiger partial charge in [0.15, 0.2) is 0 Å². The molecule has 4 nitrogen and oxygen atoms in total. The van der Waals surface area contributed by atoms with Crippen molar-refractivity contribution in [2.45, 2.75) is 6.42 Å². The van der Waals surface area contributed by atoms with Crippen molar-refractivity contribution < 1.29 is 14.8 Å². The highest BCUT2D eigenvalue weighted by Crippen LogP contribution is 2.16. The van der Waals surface area contributed by atoms with Crippen molar-refractivity contribution in [3.05, 3.63) is 29.8 Å². The minimum absolute atomic E-state index is 0.305. The van der Waals surface area contributed by atoms with Crippen LogP contribution in [0.15, 0.2) is 24.3 Å². The fraction of sp³-hybridized carbons (Fsp3) is 0.400. The monoisotopic (exact) mass is 197 g/mol. The Bertz CT molecular complexity index is 274. The lowest BCUT2D eigenvalue weighted by Gasteiger charge is -2.15. The molecule has 0 amide bonds. The maximum absolute atomic E-state index is 9.47. The lowest BCUT2D eigenvalue weighted by molar-refractivity contribution is -0.341. The Labute approximate surface area is 83.6 Å². The predicted octanol–water partition coefficient (Wildman–Crippen LogP) is 1.36. The third-order valence-electron chi connectivity index (χ3n) is 1.96. The van der Waals surface area contributed by atoms with Crippen LogP contribution in [0.4, 0.5) is 0 Å². The van der Waals surface area contributed by atoms with E-state index in [0.29, 0.717) is 18.7 Å². The number of phenolic OH excluding ortho intramolecular Hbond substituents is 1. The van der Waals surface area contributed by atoms with Crippen LogP contribution in [0.1, 0.15) is 5.56 Å². The van der Waals surface area contributed by atoms with Crippen molar-refractivity contribution >= 4 is 0 Å². The van der Waals surface area contributed by atoms with Gasteiger partial charge in [-0.2, -0.15) is 0 Å². The zero-order chi connectivity index (χ0) is 10.4. The highest BCUT2D eigenvalue weighted by Gasteiger charge is 2.04. The summed E-state index contributed by atoms with van der Waals surface area (Å²) in [6, 6.07) is 7.22. The molecule has 0 saturated carbocycles. The van der Waals surface area contributed by atoms with Gasteiger partial charge in [0.05, 0.1) is 20.8 Å². The normalized spacial score (nSPS) is 10.8. The highest BCUT2D eigenvalue weighted by atomic mass is 16.9. The van der Waals surface area contributed by atoms with Crippen molar-refractivity contribution in [2.75, 3.05) is 20.8 Å². The largest absolute Gasteiger partial charge is 0.508 e. The maximum atomic E-state index is 9.47. The average Bonchev–Trinajstić information content (AvgIpc) is 2.22. The first-order valence-corrected chi connectivity index (χ1v) is 4.40. The first-order valence-electron chi connectivity index (χ1n) is 4.40. The fourth-order valence-corrected chi connectivity index (χ4v) is 1.19. The van der Waals surface area contributed by atoms with Crippen molar-refractivity contribution in [1.29, 1.82) is 0 Å². The van der Waals surface area contributed by atoms with Crippen LogP contribution < -0.4 is 0 Å². The summed E-state index contributed by atoms with van der Waals surface area (Å²) in [6.45, 7) is 0.574. The van der Waals surface area contributed by atoms with Crippen LogP contribution in [0.5, 0.6) is 5.75 Å². The Morgan fingerprint density at radius 3 is 2.43 bits per heavy atom. The van der Waals surface area contributed by atoms with Gasteiger partial charge in [-0.25, -0.2) is 0 Å². The topological polar surface area (TPSA) is 41.9 Å². The van der Waals surface area contributed by atoms with Gasteiger partial charge in [0, 0.05) is 0 Å². The Morgan fingerprint density at radius 2 is 1.86 bits per heavy atom. The van der Waals surface area contributed by atoms with Crippen molar-refractivity contribution in [2.24, 2.45) is 0 Å². The van der Waals surface area contributed by atoms with Crippen molar-refractivity contribution in [1.82, 2.24) is 5.23 Å². The number of hydrogen-bond donors (Lipinski definition) is 1. The number of benzene rings is 1. The molecule has 1 rings (SSSR count). The summed E-state index contributed by atoms with van der Waals surface area (Å²) in [7, 11) is 3.07. The van der Waals surface area contributed by atoms with E-state index in [9.17, 15) is 5.11 Å². The molecular weight excluding hydrogens is 182 g/mol. The molecule has 0 bridgehead atoms. The zero-order valence-electron chi connectivity index (χ0n) is 8.43. The van der Waals surface area contributed by atoms with Crippen LogP contribution >= 0.6 is 0 Å². The summed E-state index contributed by atoms with van der Waals surface area (Å²) in [5.74, 6) is 0.305. The summed E-state index contributed by atoms with van der Waals surface area (Å²) < 4.78 is 0. The van der Waals surface area contributed by atoms with Gasteiger partial charge in [0.2, 0.25) is 0 Å². The first-order chi connectivity index (χ1) is 6.77. The molecule has 0 radical (unpaired) electrons. The molecule has 1 aromatic rings. The lowest BCUT2D eigenvalue weighted by Crippen LogP contribution is -2.23. The number of hydrogen-bond acceptors (Lipinski definition) is 4. The first kappa shape index (κ1) is 11.0. The van der Waals surface area contributed by atoms with Crippen LogP contribution in [-0.4, -0.2) is 31.1 Å². The quantitative estimate of drug-likeness (QED) is 0.724. The highest BCUT2D eigenvalue weighted by molar-refractivity contribution is 5.31. The van der Waals surface area contributed by atoms with E-state index >= 15 is 0 Å². The van der Waals surface area contributed by atoms with E-state index in [-0.39, 0.29) is 0 Å². The van der Waals surface area contributed by atoms with Gasteiger partial charge in [0.1, 0.15) is 5.75 Å². The van der Waals surface area contributed by atoms with Crippen LogP contribution in [0.2, 0.25) is 0 Å². The molecule has 0 fully saturated rings. The maximum Gasteiger partial charge on any atom is 0.118 e. The van der Waals surface area contributed by atoms with Crippen molar-refractivity contribution in [3.63, 3.8) is 0 Å². The minimum atomic E-state index is 0.305. The molecule has 0 heterocycles. The Morgan fingerprint density at radius 1 is 1.21 bits per heavy atom. The molecule has 0 spiro atoms. The molecule has 14 heavy (non-hydrogen) atoms. The standard InChI is InChI=1S/C10H15NO3/c1-13-11(14-2)8-7-9-5-3-4-6-10(9)12/h3-6,12H,7-8H2,1-2H3. The SMILES string of the molecule is CON(CCc1ccccc1O)OC. The summed E-state index contributed by atoms with van der Waals surface area (Å²) in [5.41, 5.74) is 0.881. The Kier molecular flexibility index (Phi) is 4.39. The molecule has 4 heteroatoms. The van der Waals surface area contributed by atoms with E-state index in [2.05, 4.69) is 0 Å². The molecule has 0 atom stereocenters. The predicted molar refractivity (Wildman–Crippen MR) is 52.5 cm³/mol. The molecule has 0 aromatic heterocycles. The van der Waals surface area contributed by atoms with E-state index in [4.69, 9.17) is 9.68 Å². The number of aromatic hydroxyl groups is 1. The summed E-state index contributed by atoms with van der Waals surface area (Å²) >= 11 is 0. The summed E-state index contributed by atoms with van der Waals surface area (Å²) in [5, 5.41) is 10.8. The molecule has 1 aromatic carbocycles. The molecule has 0 aliphatic carbocycles. The van der Waals surface area contributed by atoms with E-state index in [0.717, 1.165) is 5.56 Å². The smallest absolute Gasteiger partial charge is 0.118 e. The van der Waals surface area contributed by atoms with Gasteiger partial charge in [0.25, 0.3) is 0 Å². The second kappa shape index (κ2) is 5.59. The summed E-state index contributed by atoms with van der Waals surface area (Å²) in [4.78, 5) is 9.78. The minimum Gasteiger partial charge on any atom is -0.508 e. The molecule has 78 valence electrons. The number of rotatable bonds is 5. The third-order valence-corrected chi connectivity index (χ3v) is 1.96. The third kappa shape index (κ3) is 2.99. The van der Waals surface area contributed by atoms with Crippen molar-refractivity contribution in [3.8, 4) is 5.75 Å². The number of phenols is 1. The Balaban J connectivity index is 2.49. The zero-order valence-corrected chi connectivity index (χ0v) is 8.43. The lowest BCUT2D eigenvalue weighted by atomic mass is 10.1. The second-order valence-electron chi connectivity index (χ2n) is 2.80. The van der Waals surface area contributed by atoms with Crippen LogP contribution in [0.3, 0.4) is 0 Å². The molecular formula is C10H15NO3. The van der Waals surface area contributed by atoms with Gasteiger partial charge in [-0.05, 0) is 18.1 Å². The van der Waals surface area contributed by atoms with Gasteiger partial charge in [-0.1, -0.05) is 23.4 Å². The van der Waals surface area contributed by atoms with E-state index in [1.807, 2.05) is 12.1 Å². The second-order valence-corrected chi connectivity index (χ2v) is 2.80. The molecule has 0 unspecified atom stereocenters. The van der Waals surface area contributed by atoms with Crippen LogP contribution in [0, 0.1) is 0 Å². The van der Waals surface area contributed by atoms with E-state index in [1.54, 1.807) is 12.1 Å². The van der Waals surface area contributed by atoms with Crippen LogP contribution in [-0.2, 0) is 16.1 Å². The molecule has 1 N–H and O–H groups in total. The fourth-order valence-electron chi connectivity index (χ4n) is 1.19. The molecule has 0 saturated heterocycles. The van der Waals surface area contributed by atoms with Gasteiger partial charge < -0.3 is 5.11 Å². The van der Waals surface area contributed by atoms with Gasteiger partial charge in [-0.3, -0.25) is 9.68 Å². The molecule has 0 aliphatic heterocycles. The average molecular weight is 197 g/mol.